The molecule has 1 N–H and O–H groups in total. The fraction of sp³-hybridized carbons (Fsp3) is 0.435. The zero-order valence-electron chi connectivity index (χ0n) is 18.1. The van der Waals surface area contributed by atoms with Crippen LogP contribution in [0.3, 0.4) is 0 Å². The molecule has 0 radical (unpaired) electrons. The lowest BCUT2D eigenvalue weighted by atomic mass is 9.95. The fourth-order valence-corrected chi connectivity index (χ4v) is 5.63. The predicted octanol–water partition coefficient (Wildman–Crippen LogP) is 5.79. The molecule has 32 heavy (non-hydrogen) atoms. The van der Waals surface area contributed by atoms with Gasteiger partial charge in [0.1, 0.15) is 12.4 Å². The second-order valence-electron chi connectivity index (χ2n) is 7.90. The summed E-state index contributed by atoms with van der Waals surface area (Å²) in [5.41, 5.74) is 0.984. The van der Waals surface area contributed by atoms with E-state index >= 15 is 0 Å². The molecule has 170 valence electrons. The van der Waals surface area contributed by atoms with Gasteiger partial charge in [0.25, 0.3) is 0 Å². The van der Waals surface area contributed by atoms with E-state index in [9.17, 15) is 4.79 Å². The number of rotatable bonds is 9. The summed E-state index contributed by atoms with van der Waals surface area (Å²) in [5.74, 6) is 1.89. The summed E-state index contributed by atoms with van der Waals surface area (Å²) < 4.78 is 8.25. The summed E-state index contributed by atoms with van der Waals surface area (Å²) in [7, 11) is 0. The minimum absolute atomic E-state index is 0.00353. The highest BCUT2D eigenvalue weighted by Gasteiger charge is 2.24. The molecule has 0 atom stereocenters. The molecule has 0 aliphatic heterocycles. The molecule has 9 heteroatoms. The third-order valence-electron chi connectivity index (χ3n) is 5.54. The highest BCUT2D eigenvalue weighted by atomic mass is 35.5. The monoisotopic (exact) mass is 490 g/mol. The van der Waals surface area contributed by atoms with Crippen LogP contribution in [0.2, 0.25) is 5.02 Å². The smallest absolute Gasteiger partial charge is 0.230 e. The molecule has 0 saturated heterocycles. The van der Waals surface area contributed by atoms with Crippen molar-refractivity contribution in [3.63, 3.8) is 0 Å². The maximum atomic E-state index is 12.4. The summed E-state index contributed by atoms with van der Waals surface area (Å²) in [6, 6.07) is 9.95. The Morgan fingerprint density at radius 2 is 2.12 bits per heavy atom. The van der Waals surface area contributed by atoms with Crippen molar-refractivity contribution < 1.29 is 9.53 Å². The highest BCUT2D eigenvalue weighted by Crippen LogP contribution is 2.33. The minimum atomic E-state index is -0.00353. The van der Waals surface area contributed by atoms with Gasteiger partial charge in [0.05, 0.1) is 12.3 Å². The number of halogens is 1. The Balaban J connectivity index is 1.43. The Bertz CT molecular complexity index is 1030. The lowest BCUT2D eigenvalue weighted by Crippen LogP contribution is -2.24. The van der Waals surface area contributed by atoms with Gasteiger partial charge in [-0.25, -0.2) is 0 Å². The van der Waals surface area contributed by atoms with E-state index in [-0.39, 0.29) is 5.91 Å². The number of carbonyl (C=O) groups is 1. The van der Waals surface area contributed by atoms with Crippen LogP contribution in [0.5, 0.6) is 5.75 Å². The topological polar surface area (TPSA) is 69.0 Å². The average molecular weight is 491 g/mol. The zero-order chi connectivity index (χ0) is 22.3. The summed E-state index contributed by atoms with van der Waals surface area (Å²) in [4.78, 5) is 13.5. The molecular formula is C23H27ClN4O2S2. The number of hydrogen-bond acceptors (Lipinski definition) is 6. The van der Waals surface area contributed by atoms with Crippen molar-refractivity contribution in [1.82, 2.24) is 20.1 Å². The molecule has 1 aliphatic rings. The Kier molecular flexibility index (Phi) is 8.10. The Hall–Kier alpha value is -2.03. The van der Waals surface area contributed by atoms with E-state index in [1.54, 1.807) is 11.3 Å². The number of nitrogens with zero attached hydrogens (tertiary/aromatic N) is 3. The van der Waals surface area contributed by atoms with Gasteiger partial charge in [-0.05, 0) is 55.0 Å². The van der Waals surface area contributed by atoms with E-state index in [2.05, 4.69) is 20.1 Å². The molecule has 6 nitrogen and oxygen atoms in total. The number of nitrogens with one attached hydrogen (secondary N) is 1. The first-order valence-electron chi connectivity index (χ1n) is 10.8. The van der Waals surface area contributed by atoms with E-state index in [1.165, 1.54) is 31.0 Å². The standard InChI is InChI=1S/C23H27ClN4O2S2/c1-16-12-17(24)9-10-20(16)30-14-21-26-27-23(28(21)18-6-3-2-4-7-18)32-15-22(29)25-13-19-8-5-11-31-19/h5,8-12,18H,2-4,6-7,13-15H2,1H3,(H,25,29). The van der Waals surface area contributed by atoms with Crippen LogP contribution in [-0.4, -0.2) is 26.4 Å². The van der Waals surface area contributed by atoms with E-state index < -0.39 is 0 Å². The SMILES string of the molecule is Cc1cc(Cl)ccc1OCc1nnc(SCC(=O)NCc2cccs2)n1C1CCCCC1. The van der Waals surface area contributed by atoms with Gasteiger partial charge in [-0.2, -0.15) is 0 Å². The van der Waals surface area contributed by atoms with Gasteiger partial charge < -0.3 is 10.1 Å². The van der Waals surface area contributed by atoms with Crippen LogP contribution in [0, 0.1) is 6.92 Å². The molecule has 2 heterocycles. The Morgan fingerprint density at radius 1 is 1.28 bits per heavy atom. The van der Waals surface area contributed by atoms with Crippen molar-refractivity contribution in [1.29, 1.82) is 0 Å². The molecule has 4 rings (SSSR count). The molecule has 0 spiro atoms. The second kappa shape index (κ2) is 11.2. The lowest BCUT2D eigenvalue weighted by molar-refractivity contribution is -0.118. The third kappa shape index (κ3) is 6.05. The van der Waals surface area contributed by atoms with E-state index in [0.29, 0.717) is 30.0 Å². The zero-order valence-corrected chi connectivity index (χ0v) is 20.4. The first-order valence-corrected chi connectivity index (χ1v) is 13.1. The van der Waals surface area contributed by atoms with E-state index in [4.69, 9.17) is 16.3 Å². The van der Waals surface area contributed by atoms with Crippen molar-refractivity contribution in [2.24, 2.45) is 0 Å². The van der Waals surface area contributed by atoms with Crippen LogP contribution in [0.4, 0.5) is 0 Å². The summed E-state index contributed by atoms with van der Waals surface area (Å²) >= 11 is 9.14. The van der Waals surface area contributed by atoms with Gasteiger partial charge in [-0.15, -0.1) is 21.5 Å². The summed E-state index contributed by atoms with van der Waals surface area (Å²) in [5, 5.41) is 15.3. The molecule has 0 unspecified atom stereocenters. The molecule has 2 aromatic heterocycles. The first kappa shape index (κ1) is 23.1. The van der Waals surface area contributed by atoms with Crippen molar-refractivity contribution in [3.05, 3.63) is 57.0 Å². The van der Waals surface area contributed by atoms with Crippen LogP contribution in [0.1, 0.15) is 54.4 Å². The van der Waals surface area contributed by atoms with Gasteiger partial charge in [0.2, 0.25) is 5.91 Å². The summed E-state index contributed by atoms with van der Waals surface area (Å²) in [6.45, 7) is 2.87. The minimum Gasteiger partial charge on any atom is -0.485 e. The number of carbonyl (C=O) groups excluding carboxylic acids is 1. The number of hydrogen-bond donors (Lipinski definition) is 1. The first-order chi connectivity index (χ1) is 15.6. The van der Waals surface area contributed by atoms with Crippen LogP contribution < -0.4 is 10.1 Å². The van der Waals surface area contributed by atoms with Gasteiger partial charge in [0, 0.05) is 15.9 Å². The average Bonchev–Trinajstić information content (AvgIpc) is 3.46. The number of aromatic nitrogens is 3. The Morgan fingerprint density at radius 3 is 2.88 bits per heavy atom. The lowest BCUT2D eigenvalue weighted by Gasteiger charge is -2.25. The van der Waals surface area contributed by atoms with Gasteiger partial charge in [-0.1, -0.05) is 48.7 Å². The molecule has 3 aromatic rings. The molecule has 1 fully saturated rings. The largest absolute Gasteiger partial charge is 0.485 e. The van der Waals surface area contributed by atoms with Crippen LogP contribution in [-0.2, 0) is 17.9 Å². The van der Waals surface area contributed by atoms with Gasteiger partial charge >= 0.3 is 0 Å². The second-order valence-corrected chi connectivity index (χ2v) is 10.3. The van der Waals surface area contributed by atoms with Crippen molar-refractivity contribution in [2.45, 2.75) is 63.4 Å². The number of aryl methyl sites for hydroxylation is 1. The van der Waals surface area contributed by atoms with Crippen molar-refractivity contribution in [2.75, 3.05) is 5.75 Å². The maximum Gasteiger partial charge on any atom is 0.230 e. The van der Waals surface area contributed by atoms with Gasteiger partial charge in [0.15, 0.2) is 11.0 Å². The molecular weight excluding hydrogens is 464 g/mol. The van der Waals surface area contributed by atoms with Crippen LogP contribution in [0.15, 0.2) is 40.9 Å². The maximum absolute atomic E-state index is 12.4. The molecule has 1 aliphatic carbocycles. The van der Waals surface area contributed by atoms with Crippen molar-refractivity contribution in [3.8, 4) is 5.75 Å². The Labute approximate surface area is 201 Å². The molecule has 1 saturated carbocycles. The normalized spacial score (nSPS) is 14.4. The number of ether oxygens (including phenoxy) is 1. The van der Waals surface area contributed by atoms with Crippen LogP contribution in [0.25, 0.3) is 0 Å². The van der Waals surface area contributed by atoms with E-state index in [1.807, 2.05) is 42.6 Å². The number of thioether (sulfide) groups is 1. The molecule has 1 amide bonds. The van der Waals surface area contributed by atoms with Gasteiger partial charge in [-0.3, -0.25) is 9.36 Å². The van der Waals surface area contributed by atoms with E-state index in [0.717, 1.165) is 40.0 Å². The number of thiophene rings is 1. The number of amides is 1. The van der Waals surface area contributed by atoms with Crippen LogP contribution >= 0.6 is 34.7 Å². The summed E-state index contributed by atoms with van der Waals surface area (Å²) in [6.07, 6.45) is 5.87. The highest BCUT2D eigenvalue weighted by molar-refractivity contribution is 7.99. The number of benzene rings is 1. The molecule has 1 aromatic carbocycles. The molecule has 0 bridgehead atoms. The third-order valence-corrected chi connectivity index (χ3v) is 7.60. The predicted molar refractivity (Wildman–Crippen MR) is 130 cm³/mol. The van der Waals surface area contributed by atoms with Crippen molar-refractivity contribution >= 4 is 40.6 Å². The fourth-order valence-electron chi connectivity index (χ4n) is 3.91. The quantitative estimate of drug-likeness (QED) is 0.384.